The highest BCUT2D eigenvalue weighted by atomic mass is 35.5. The van der Waals surface area contributed by atoms with Crippen LogP contribution >= 0.6 is 11.6 Å². The molecule has 2 amide bonds. The van der Waals surface area contributed by atoms with Crippen LogP contribution in [0, 0.1) is 5.41 Å². The van der Waals surface area contributed by atoms with E-state index in [0.717, 1.165) is 5.56 Å². The van der Waals surface area contributed by atoms with Gasteiger partial charge in [0, 0.05) is 18.1 Å². The highest BCUT2D eigenvalue weighted by molar-refractivity contribution is 6.30. The number of halogens is 1. The largest absolute Gasteiger partial charge is 0.444 e. The van der Waals surface area contributed by atoms with Crippen LogP contribution in [0.3, 0.4) is 0 Å². The first kappa shape index (κ1) is 20.0. The summed E-state index contributed by atoms with van der Waals surface area (Å²) in [4.78, 5) is 26.8. The van der Waals surface area contributed by atoms with Crippen LogP contribution in [0.15, 0.2) is 24.3 Å². The highest BCUT2D eigenvalue weighted by Crippen LogP contribution is 2.42. The summed E-state index contributed by atoms with van der Waals surface area (Å²) >= 11 is 5.92. The first-order valence-corrected chi connectivity index (χ1v) is 9.70. The standard InChI is InChI=1S/C20H27ClN2O4/c1-19(2,3)27-18(26)23-10-8-20(9-11-23)12-15(24)16(22-17(20)25)13-4-6-14(21)7-5-13/h4-7,15-16,24H,8-12H2,1-3H3,(H,22,25)/t15-,16-/m1/s1. The molecule has 2 heterocycles. The minimum atomic E-state index is -0.683. The third kappa shape index (κ3) is 4.38. The molecule has 27 heavy (non-hydrogen) atoms. The lowest BCUT2D eigenvalue weighted by Crippen LogP contribution is -2.57. The summed E-state index contributed by atoms with van der Waals surface area (Å²) in [7, 11) is 0. The van der Waals surface area contributed by atoms with E-state index in [1.165, 1.54) is 0 Å². The van der Waals surface area contributed by atoms with Crippen LogP contribution in [0.4, 0.5) is 4.79 Å². The van der Waals surface area contributed by atoms with Crippen LogP contribution in [0.2, 0.25) is 5.02 Å². The van der Waals surface area contributed by atoms with Gasteiger partial charge in [-0.05, 0) is 57.7 Å². The molecule has 2 saturated heterocycles. The van der Waals surface area contributed by atoms with Gasteiger partial charge in [0.15, 0.2) is 0 Å². The Morgan fingerprint density at radius 3 is 2.41 bits per heavy atom. The average molecular weight is 395 g/mol. The minimum absolute atomic E-state index is 0.0587. The Kier molecular flexibility index (Phi) is 5.41. The maximum absolute atomic E-state index is 12.9. The fourth-order valence-electron chi connectivity index (χ4n) is 3.85. The smallest absolute Gasteiger partial charge is 0.410 e. The highest BCUT2D eigenvalue weighted by Gasteiger charge is 2.49. The second-order valence-corrected chi connectivity index (χ2v) is 8.96. The summed E-state index contributed by atoms with van der Waals surface area (Å²) in [5, 5.41) is 14.3. The average Bonchev–Trinajstić information content (AvgIpc) is 2.58. The normalized spacial score (nSPS) is 25.2. The van der Waals surface area contributed by atoms with E-state index in [1.807, 2.05) is 32.9 Å². The number of nitrogens with zero attached hydrogens (tertiary/aromatic N) is 1. The lowest BCUT2D eigenvalue weighted by Gasteiger charge is -2.46. The van der Waals surface area contributed by atoms with Gasteiger partial charge in [-0.25, -0.2) is 4.79 Å². The molecule has 2 fully saturated rings. The van der Waals surface area contributed by atoms with Crippen molar-refractivity contribution in [1.82, 2.24) is 10.2 Å². The summed E-state index contributed by atoms with van der Waals surface area (Å²) in [5.41, 5.74) is -0.349. The number of likely N-dealkylation sites (tertiary alicyclic amines) is 1. The molecule has 0 aliphatic carbocycles. The van der Waals surface area contributed by atoms with Crippen molar-refractivity contribution in [2.75, 3.05) is 13.1 Å². The predicted octanol–water partition coefficient (Wildman–Crippen LogP) is 3.28. The fraction of sp³-hybridized carbons (Fsp3) is 0.600. The number of nitrogens with one attached hydrogen (secondary N) is 1. The van der Waals surface area contributed by atoms with Gasteiger partial charge in [-0.1, -0.05) is 23.7 Å². The first-order chi connectivity index (χ1) is 12.6. The van der Waals surface area contributed by atoms with Crippen molar-refractivity contribution in [2.24, 2.45) is 5.41 Å². The van der Waals surface area contributed by atoms with Crippen molar-refractivity contribution in [1.29, 1.82) is 0 Å². The van der Waals surface area contributed by atoms with Gasteiger partial charge in [0.05, 0.1) is 17.6 Å². The minimum Gasteiger partial charge on any atom is -0.444 e. The Morgan fingerprint density at radius 1 is 1.26 bits per heavy atom. The zero-order valence-corrected chi connectivity index (χ0v) is 16.8. The first-order valence-electron chi connectivity index (χ1n) is 9.32. The number of ether oxygens (including phenoxy) is 1. The van der Waals surface area contributed by atoms with Crippen molar-refractivity contribution in [3.05, 3.63) is 34.9 Å². The number of hydrogen-bond donors (Lipinski definition) is 2. The summed E-state index contributed by atoms with van der Waals surface area (Å²) in [6.07, 6.45) is 0.379. The number of amides is 2. The maximum atomic E-state index is 12.9. The van der Waals surface area contributed by atoms with E-state index in [4.69, 9.17) is 16.3 Å². The monoisotopic (exact) mass is 394 g/mol. The maximum Gasteiger partial charge on any atom is 0.410 e. The second-order valence-electron chi connectivity index (χ2n) is 8.52. The van der Waals surface area contributed by atoms with Crippen molar-refractivity contribution in [3.8, 4) is 0 Å². The summed E-state index contributed by atoms with van der Waals surface area (Å²) in [5.74, 6) is -0.0587. The molecule has 7 heteroatoms. The Hall–Kier alpha value is -1.79. The molecule has 6 nitrogen and oxygen atoms in total. The van der Waals surface area contributed by atoms with E-state index >= 15 is 0 Å². The van der Waals surface area contributed by atoms with Crippen LogP contribution in [-0.2, 0) is 9.53 Å². The molecule has 2 N–H and O–H groups in total. The van der Waals surface area contributed by atoms with Crippen LogP contribution in [0.5, 0.6) is 0 Å². The SMILES string of the molecule is CC(C)(C)OC(=O)N1CCC2(CC1)C[C@@H](O)[C@@H](c1ccc(Cl)cc1)NC2=O. The van der Waals surface area contributed by atoms with Crippen molar-refractivity contribution in [2.45, 2.75) is 57.8 Å². The number of benzene rings is 1. The molecule has 2 aliphatic heterocycles. The number of rotatable bonds is 1. The molecule has 0 saturated carbocycles. The van der Waals surface area contributed by atoms with Gasteiger partial charge in [-0.15, -0.1) is 0 Å². The lowest BCUT2D eigenvalue weighted by molar-refractivity contribution is -0.144. The van der Waals surface area contributed by atoms with Crippen molar-refractivity contribution in [3.63, 3.8) is 0 Å². The third-order valence-corrected chi connectivity index (χ3v) is 5.61. The van der Waals surface area contributed by atoms with E-state index in [1.54, 1.807) is 17.0 Å². The second kappa shape index (κ2) is 7.32. The number of carbonyl (C=O) groups is 2. The number of aliphatic hydroxyl groups is 1. The number of carbonyl (C=O) groups excluding carboxylic acids is 2. The molecule has 1 spiro atoms. The molecule has 2 atom stereocenters. The quantitative estimate of drug-likeness (QED) is 0.766. The van der Waals surface area contributed by atoms with Crippen LogP contribution in [0.25, 0.3) is 0 Å². The Balaban J connectivity index is 1.65. The summed E-state index contributed by atoms with van der Waals surface area (Å²) in [6, 6.07) is 6.70. The fourth-order valence-corrected chi connectivity index (χ4v) is 3.98. The molecule has 2 aliphatic rings. The van der Waals surface area contributed by atoms with Crippen LogP contribution in [-0.4, -0.2) is 46.8 Å². The Morgan fingerprint density at radius 2 is 1.85 bits per heavy atom. The van der Waals surface area contributed by atoms with Crippen molar-refractivity contribution < 1.29 is 19.4 Å². The third-order valence-electron chi connectivity index (χ3n) is 5.35. The van der Waals surface area contributed by atoms with Crippen LogP contribution in [0.1, 0.15) is 51.6 Å². The zero-order chi connectivity index (χ0) is 19.8. The molecule has 148 valence electrons. The van der Waals surface area contributed by atoms with E-state index < -0.39 is 23.2 Å². The molecule has 3 rings (SSSR count). The predicted molar refractivity (Wildman–Crippen MR) is 102 cm³/mol. The van der Waals surface area contributed by atoms with Crippen molar-refractivity contribution >= 4 is 23.6 Å². The zero-order valence-electron chi connectivity index (χ0n) is 16.0. The van der Waals surface area contributed by atoms with Gasteiger partial charge < -0.3 is 20.1 Å². The van der Waals surface area contributed by atoms with E-state index in [-0.39, 0.29) is 12.0 Å². The topological polar surface area (TPSA) is 78.9 Å². The van der Waals surface area contributed by atoms with E-state index in [0.29, 0.717) is 37.4 Å². The summed E-state index contributed by atoms with van der Waals surface area (Å²) < 4.78 is 5.41. The Labute approximate surface area is 164 Å². The van der Waals surface area contributed by atoms with Gasteiger partial charge in [0.25, 0.3) is 0 Å². The molecule has 0 unspecified atom stereocenters. The molecule has 0 bridgehead atoms. The summed E-state index contributed by atoms with van der Waals surface area (Å²) in [6.45, 7) is 6.38. The lowest BCUT2D eigenvalue weighted by atomic mass is 9.69. The molecule has 0 aromatic heterocycles. The van der Waals surface area contributed by atoms with Gasteiger partial charge in [0.1, 0.15) is 5.60 Å². The van der Waals surface area contributed by atoms with Gasteiger partial charge >= 0.3 is 6.09 Å². The molecular formula is C20H27ClN2O4. The number of piperidine rings is 2. The van der Waals surface area contributed by atoms with Gasteiger partial charge in [-0.2, -0.15) is 0 Å². The molecule has 1 aromatic carbocycles. The molecular weight excluding hydrogens is 368 g/mol. The molecule has 1 aromatic rings. The number of aliphatic hydroxyl groups excluding tert-OH is 1. The van der Waals surface area contributed by atoms with E-state index in [2.05, 4.69) is 5.32 Å². The van der Waals surface area contributed by atoms with Crippen LogP contribution < -0.4 is 5.32 Å². The van der Waals surface area contributed by atoms with Gasteiger partial charge in [0.2, 0.25) is 5.91 Å². The number of hydrogen-bond acceptors (Lipinski definition) is 4. The molecule has 0 radical (unpaired) electrons. The van der Waals surface area contributed by atoms with E-state index in [9.17, 15) is 14.7 Å². The van der Waals surface area contributed by atoms with Gasteiger partial charge in [-0.3, -0.25) is 4.79 Å². The Bertz CT molecular complexity index is 706.